The lowest BCUT2D eigenvalue weighted by atomic mass is 9.74. The molecule has 1 N–H and O–H groups in total. The van der Waals surface area contributed by atoms with Gasteiger partial charge in [-0.1, -0.05) is 36.4 Å². The van der Waals surface area contributed by atoms with Crippen molar-refractivity contribution in [2.75, 3.05) is 33.4 Å². The first kappa shape index (κ1) is 23.5. The Morgan fingerprint density at radius 1 is 1.00 bits per heavy atom. The molecule has 3 aromatic carbocycles. The molecule has 2 aliphatic heterocycles. The maximum absolute atomic E-state index is 13.4. The summed E-state index contributed by atoms with van der Waals surface area (Å²) in [6, 6.07) is 22.5. The largest absolute Gasteiger partial charge is 0.497 e. The molecule has 35 heavy (non-hydrogen) atoms. The molecule has 0 aromatic heterocycles. The van der Waals surface area contributed by atoms with Crippen LogP contribution in [0, 0.1) is 5.82 Å². The number of benzene rings is 3. The average molecular weight is 475 g/mol. The number of hydrogen-bond acceptors (Lipinski definition) is 4. The number of aliphatic hydroxyl groups is 1. The molecule has 3 atom stereocenters. The highest BCUT2D eigenvalue weighted by molar-refractivity contribution is 5.94. The van der Waals surface area contributed by atoms with Gasteiger partial charge in [-0.3, -0.25) is 9.69 Å². The summed E-state index contributed by atoms with van der Waals surface area (Å²) in [4.78, 5) is 17.5. The summed E-state index contributed by atoms with van der Waals surface area (Å²) < 4.78 is 18.7. The van der Waals surface area contributed by atoms with Crippen LogP contribution in [0.1, 0.15) is 34.7 Å². The van der Waals surface area contributed by atoms with E-state index in [4.69, 9.17) is 4.74 Å². The summed E-state index contributed by atoms with van der Waals surface area (Å²) in [7, 11) is 1.67. The van der Waals surface area contributed by atoms with E-state index < -0.39 is 0 Å². The molecule has 0 bridgehead atoms. The third kappa shape index (κ3) is 4.68. The Hall–Kier alpha value is -3.22. The first-order valence-electron chi connectivity index (χ1n) is 12.2. The molecule has 2 fully saturated rings. The number of aliphatic hydroxyl groups excluding tert-OH is 1. The molecule has 182 valence electrons. The number of fused-ring (bicyclic) bond motifs is 1. The Kier molecular flexibility index (Phi) is 6.84. The van der Waals surface area contributed by atoms with Crippen molar-refractivity contribution in [2.24, 2.45) is 0 Å². The van der Waals surface area contributed by atoms with Gasteiger partial charge in [0, 0.05) is 36.7 Å². The Morgan fingerprint density at radius 2 is 1.74 bits per heavy atom. The van der Waals surface area contributed by atoms with Crippen LogP contribution in [-0.4, -0.2) is 66.2 Å². The number of ether oxygens (including phenoxy) is 1. The van der Waals surface area contributed by atoms with Crippen LogP contribution in [0.15, 0.2) is 72.8 Å². The second-order valence-electron chi connectivity index (χ2n) is 9.40. The van der Waals surface area contributed by atoms with Gasteiger partial charge in [0.05, 0.1) is 13.7 Å². The van der Waals surface area contributed by atoms with Crippen LogP contribution in [-0.2, 0) is 0 Å². The van der Waals surface area contributed by atoms with E-state index >= 15 is 0 Å². The SMILES string of the molecule is COc1cccc(-c2ccc([C@@H]3[C@H]4CN(C(=O)c5ccc(F)cc5)CCCCN4[C@H]3CO)cc2)c1. The Balaban J connectivity index is 1.38. The van der Waals surface area contributed by atoms with Crippen molar-refractivity contribution < 1.29 is 19.0 Å². The van der Waals surface area contributed by atoms with Crippen molar-refractivity contribution in [1.29, 1.82) is 0 Å². The smallest absolute Gasteiger partial charge is 0.253 e. The van der Waals surface area contributed by atoms with Gasteiger partial charge in [0.15, 0.2) is 0 Å². The highest BCUT2D eigenvalue weighted by Gasteiger charge is 2.49. The number of nitrogens with zero attached hydrogens (tertiary/aromatic N) is 2. The van der Waals surface area contributed by atoms with Crippen LogP contribution in [0.5, 0.6) is 5.75 Å². The fourth-order valence-corrected chi connectivity index (χ4v) is 5.60. The molecule has 2 aliphatic rings. The fourth-order valence-electron chi connectivity index (χ4n) is 5.60. The minimum Gasteiger partial charge on any atom is -0.497 e. The quantitative estimate of drug-likeness (QED) is 0.589. The van der Waals surface area contributed by atoms with Crippen LogP contribution in [0.25, 0.3) is 11.1 Å². The van der Waals surface area contributed by atoms with Gasteiger partial charge >= 0.3 is 0 Å². The Morgan fingerprint density at radius 3 is 2.46 bits per heavy atom. The minimum absolute atomic E-state index is 0.0449. The van der Waals surface area contributed by atoms with Crippen LogP contribution in [0.3, 0.4) is 0 Å². The number of carbonyl (C=O) groups excluding carboxylic acids is 1. The molecular weight excluding hydrogens is 443 g/mol. The second-order valence-corrected chi connectivity index (χ2v) is 9.40. The number of rotatable bonds is 5. The molecule has 5 rings (SSSR count). The van der Waals surface area contributed by atoms with Crippen molar-refractivity contribution in [3.63, 3.8) is 0 Å². The van der Waals surface area contributed by atoms with E-state index in [1.54, 1.807) is 19.2 Å². The van der Waals surface area contributed by atoms with E-state index in [-0.39, 0.29) is 36.3 Å². The van der Waals surface area contributed by atoms with Gasteiger partial charge in [0.1, 0.15) is 11.6 Å². The molecule has 2 saturated heterocycles. The number of halogens is 1. The molecule has 5 nitrogen and oxygen atoms in total. The highest BCUT2D eigenvalue weighted by Crippen LogP contribution is 2.42. The summed E-state index contributed by atoms with van der Waals surface area (Å²) >= 11 is 0. The first-order chi connectivity index (χ1) is 17.1. The molecule has 0 saturated carbocycles. The molecule has 0 unspecified atom stereocenters. The van der Waals surface area contributed by atoms with E-state index in [0.29, 0.717) is 18.7 Å². The van der Waals surface area contributed by atoms with E-state index in [0.717, 1.165) is 36.3 Å². The van der Waals surface area contributed by atoms with Crippen molar-refractivity contribution in [3.05, 3.63) is 89.7 Å². The third-order valence-corrected chi connectivity index (χ3v) is 7.45. The van der Waals surface area contributed by atoms with Gasteiger partial charge in [0.2, 0.25) is 0 Å². The molecule has 3 aromatic rings. The molecule has 2 heterocycles. The topological polar surface area (TPSA) is 53.0 Å². The van der Waals surface area contributed by atoms with Crippen molar-refractivity contribution in [3.8, 4) is 16.9 Å². The predicted octanol–water partition coefficient (Wildman–Crippen LogP) is 4.57. The lowest BCUT2D eigenvalue weighted by Crippen LogP contribution is -2.67. The maximum atomic E-state index is 13.4. The van der Waals surface area contributed by atoms with E-state index in [1.165, 1.54) is 17.7 Å². The highest BCUT2D eigenvalue weighted by atomic mass is 19.1. The zero-order valence-electron chi connectivity index (χ0n) is 19.9. The monoisotopic (exact) mass is 474 g/mol. The summed E-state index contributed by atoms with van der Waals surface area (Å²) in [5.74, 6) is 0.553. The summed E-state index contributed by atoms with van der Waals surface area (Å²) in [5, 5.41) is 10.2. The van der Waals surface area contributed by atoms with Crippen LogP contribution < -0.4 is 4.74 Å². The van der Waals surface area contributed by atoms with Crippen molar-refractivity contribution in [2.45, 2.75) is 30.8 Å². The third-order valence-electron chi connectivity index (χ3n) is 7.45. The zero-order chi connectivity index (χ0) is 24.4. The molecule has 0 spiro atoms. The predicted molar refractivity (Wildman–Crippen MR) is 134 cm³/mol. The lowest BCUT2D eigenvalue weighted by Gasteiger charge is -2.57. The number of amides is 1. The van der Waals surface area contributed by atoms with E-state index in [9.17, 15) is 14.3 Å². The molecular formula is C29H31FN2O3. The fraction of sp³-hybridized carbons (Fsp3) is 0.345. The number of methoxy groups -OCH3 is 1. The van der Waals surface area contributed by atoms with Gasteiger partial charge in [-0.05, 0) is 72.5 Å². The van der Waals surface area contributed by atoms with Crippen LogP contribution >= 0.6 is 0 Å². The van der Waals surface area contributed by atoms with Crippen molar-refractivity contribution in [1.82, 2.24) is 9.80 Å². The minimum atomic E-state index is -0.345. The standard InChI is InChI=1S/C29H31FN2O3/c1-35-25-6-4-5-23(17-25)20-7-9-21(10-8-20)28-26-18-31(15-2-3-16-32(26)27(28)19-33)29(34)22-11-13-24(30)14-12-22/h4-14,17,26-28,33H,2-3,15-16,18-19H2,1H3/t26-,27+,28-/m1/s1. The first-order valence-corrected chi connectivity index (χ1v) is 12.2. The summed E-state index contributed by atoms with van der Waals surface area (Å²) in [6.45, 7) is 2.29. The van der Waals surface area contributed by atoms with Crippen LogP contribution in [0.4, 0.5) is 4.39 Å². The van der Waals surface area contributed by atoms with E-state index in [1.807, 2.05) is 23.1 Å². The molecule has 0 aliphatic carbocycles. The summed E-state index contributed by atoms with van der Waals surface area (Å²) in [5.41, 5.74) is 3.88. The average Bonchev–Trinajstić information content (AvgIpc) is 2.88. The summed E-state index contributed by atoms with van der Waals surface area (Å²) in [6.07, 6.45) is 1.88. The normalized spacial score (nSPS) is 22.5. The van der Waals surface area contributed by atoms with Gasteiger partial charge in [0.25, 0.3) is 5.91 Å². The Bertz CT molecular complexity index is 1170. The molecule has 1 amide bonds. The van der Waals surface area contributed by atoms with Gasteiger partial charge in [-0.2, -0.15) is 0 Å². The van der Waals surface area contributed by atoms with Gasteiger partial charge < -0.3 is 14.7 Å². The molecule has 6 heteroatoms. The lowest BCUT2D eigenvalue weighted by molar-refractivity contribution is -0.0606. The Labute approximate surface area is 205 Å². The number of hydrogen-bond donors (Lipinski definition) is 1. The van der Waals surface area contributed by atoms with Gasteiger partial charge in [-0.15, -0.1) is 0 Å². The maximum Gasteiger partial charge on any atom is 0.253 e. The number of carbonyl (C=O) groups is 1. The molecule has 0 radical (unpaired) electrons. The van der Waals surface area contributed by atoms with E-state index in [2.05, 4.69) is 35.2 Å². The van der Waals surface area contributed by atoms with Gasteiger partial charge in [-0.25, -0.2) is 4.39 Å². The second kappa shape index (κ2) is 10.2. The van der Waals surface area contributed by atoms with Crippen LogP contribution in [0.2, 0.25) is 0 Å². The van der Waals surface area contributed by atoms with Crippen molar-refractivity contribution >= 4 is 5.91 Å². The zero-order valence-corrected chi connectivity index (χ0v) is 19.9.